The van der Waals surface area contributed by atoms with Crippen LogP contribution in [0.1, 0.15) is 49.0 Å². The lowest BCUT2D eigenvalue weighted by molar-refractivity contribution is 0.0667. The smallest absolute Gasteiger partial charge is 0.135 e. The molecule has 1 saturated carbocycles. The summed E-state index contributed by atoms with van der Waals surface area (Å²) >= 11 is 0. The van der Waals surface area contributed by atoms with Crippen LogP contribution >= 0.6 is 0 Å². The lowest BCUT2D eigenvalue weighted by Gasteiger charge is -2.42. The average molecular weight is 532 g/mol. The Kier molecular flexibility index (Phi) is 6.79. The summed E-state index contributed by atoms with van der Waals surface area (Å²) in [5.74, 6) is -1.23. The Hall–Kier alpha value is -2.36. The van der Waals surface area contributed by atoms with Gasteiger partial charge in [0.2, 0.25) is 0 Å². The van der Waals surface area contributed by atoms with Crippen molar-refractivity contribution >= 4 is 21.9 Å². The van der Waals surface area contributed by atoms with Gasteiger partial charge in [-0.1, -0.05) is 24.6 Å². The number of H-pyrrole nitrogens is 1. The molecular formula is C28H32F3N3O2S. The molecule has 1 aliphatic carbocycles. The van der Waals surface area contributed by atoms with Crippen molar-refractivity contribution in [3.05, 3.63) is 64.9 Å². The number of para-hydroxylation sites is 1. The minimum absolute atomic E-state index is 0.0168. The Labute approximate surface area is 217 Å². The van der Waals surface area contributed by atoms with Crippen LogP contribution in [0, 0.1) is 17.6 Å². The Morgan fingerprint density at radius 1 is 1.14 bits per heavy atom. The van der Waals surface area contributed by atoms with Gasteiger partial charge in [-0.05, 0) is 37.8 Å². The van der Waals surface area contributed by atoms with E-state index in [-0.39, 0.29) is 41.8 Å². The summed E-state index contributed by atoms with van der Waals surface area (Å²) in [4.78, 5) is 5.46. The zero-order valence-corrected chi connectivity index (χ0v) is 21.7. The van der Waals surface area contributed by atoms with Gasteiger partial charge in [-0.2, -0.15) is 0 Å². The highest BCUT2D eigenvalue weighted by Gasteiger charge is 2.44. The van der Waals surface area contributed by atoms with E-state index in [2.05, 4.69) is 9.88 Å². The van der Waals surface area contributed by atoms with Gasteiger partial charge in [0.15, 0.2) is 0 Å². The van der Waals surface area contributed by atoms with E-state index in [9.17, 15) is 8.60 Å². The van der Waals surface area contributed by atoms with E-state index in [4.69, 9.17) is 4.74 Å². The van der Waals surface area contributed by atoms with Gasteiger partial charge >= 0.3 is 0 Å². The van der Waals surface area contributed by atoms with Crippen molar-refractivity contribution in [2.75, 3.05) is 32.9 Å². The molecule has 2 aromatic carbocycles. The second-order valence-corrected chi connectivity index (χ2v) is 12.3. The Balaban J connectivity index is 1.33. The number of nitrogens with one attached hydrogen (secondary N) is 1. The Morgan fingerprint density at radius 2 is 1.86 bits per heavy atom. The molecule has 0 amide bonds. The molecule has 6 rings (SSSR count). The van der Waals surface area contributed by atoms with Crippen molar-refractivity contribution in [1.82, 2.24) is 14.2 Å². The molecule has 3 aromatic rings. The topological polar surface area (TPSA) is 48.6 Å². The molecule has 198 valence electrons. The summed E-state index contributed by atoms with van der Waals surface area (Å²) in [6, 6.07) is 9.33. The van der Waals surface area contributed by atoms with Crippen LogP contribution in [0.3, 0.4) is 0 Å². The largest absolute Gasteiger partial charge is 0.492 e. The molecule has 0 radical (unpaired) electrons. The number of rotatable bonds is 8. The average Bonchev–Trinajstić information content (AvgIpc) is 3.17. The molecular weight excluding hydrogens is 499 g/mol. The summed E-state index contributed by atoms with van der Waals surface area (Å²) in [5.41, 5.74) is 2.53. The van der Waals surface area contributed by atoms with E-state index >= 15 is 8.78 Å². The number of benzene rings is 2. The monoisotopic (exact) mass is 531 g/mol. The SMILES string of the molecule is C[C@@H]1Cc2c([nH]c3ccccc23)[C@@H](c2c(F)cc(OCCN3CC(CF)C3)cc2F)N1S(=O)C1CCC1. The van der Waals surface area contributed by atoms with Gasteiger partial charge in [0.1, 0.15) is 24.0 Å². The molecule has 0 bridgehead atoms. The van der Waals surface area contributed by atoms with Crippen LogP contribution in [0.15, 0.2) is 36.4 Å². The normalized spacial score (nSPS) is 24.0. The van der Waals surface area contributed by atoms with Crippen LogP contribution in [0.2, 0.25) is 0 Å². The fourth-order valence-electron chi connectivity index (χ4n) is 5.89. The lowest BCUT2D eigenvalue weighted by atomic mass is 9.90. The van der Waals surface area contributed by atoms with Gasteiger partial charge < -0.3 is 9.72 Å². The van der Waals surface area contributed by atoms with Crippen molar-refractivity contribution in [2.45, 2.75) is 49.9 Å². The maximum Gasteiger partial charge on any atom is 0.135 e. The number of nitrogens with zero attached hydrogens (tertiary/aromatic N) is 2. The van der Waals surface area contributed by atoms with Crippen molar-refractivity contribution in [1.29, 1.82) is 0 Å². The second kappa shape index (κ2) is 10.1. The molecule has 9 heteroatoms. The van der Waals surface area contributed by atoms with Gasteiger partial charge in [0.25, 0.3) is 0 Å². The van der Waals surface area contributed by atoms with Gasteiger partial charge in [-0.25, -0.2) is 17.3 Å². The van der Waals surface area contributed by atoms with Crippen molar-refractivity contribution in [3.8, 4) is 5.75 Å². The van der Waals surface area contributed by atoms with E-state index in [1.807, 2.05) is 35.5 Å². The first-order chi connectivity index (χ1) is 17.9. The molecule has 1 N–H and O–H groups in total. The number of aromatic nitrogens is 1. The highest BCUT2D eigenvalue weighted by Crippen LogP contribution is 2.45. The molecule has 0 spiro atoms. The summed E-state index contributed by atoms with van der Waals surface area (Å²) in [6.07, 6.45) is 3.41. The van der Waals surface area contributed by atoms with E-state index in [1.165, 1.54) is 12.1 Å². The summed E-state index contributed by atoms with van der Waals surface area (Å²) in [7, 11) is -1.37. The number of aromatic amines is 1. The summed E-state index contributed by atoms with van der Waals surface area (Å²) < 4.78 is 65.3. The molecule has 2 aliphatic heterocycles. The Morgan fingerprint density at radius 3 is 2.54 bits per heavy atom. The molecule has 37 heavy (non-hydrogen) atoms. The summed E-state index contributed by atoms with van der Waals surface area (Å²) in [6.45, 7) is 3.88. The fourth-order valence-corrected chi connectivity index (χ4v) is 7.82. The second-order valence-electron chi connectivity index (χ2n) is 10.6. The molecule has 1 aromatic heterocycles. The quantitative estimate of drug-likeness (QED) is 0.431. The molecule has 1 unspecified atom stereocenters. The van der Waals surface area contributed by atoms with Gasteiger partial charge in [0, 0.05) is 71.1 Å². The zero-order chi connectivity index (χ0) is 25.7. The summed E-state index contributed by atoms with van der Waals surface area (Å²) in [5, 5.41) is 1.05. The van der Waals surface area contributed by atoms with Crippen molar-refractivity contribution < 1.29 is 22.1 Å². The third-order valence-electron chi connectivity index (χ3n) is 8.11. The van der Waals surface area contributed by atoms with Crippen LogP contribution in [0.4, 0.5) is 13.2 Å². The Bertz CT molecular complexity index is 1300. The number of halogens is 3. The minimum Gasteiger partial charge on any atom is -0.492 e. The molecule has 3 heterocycles. The molecule has 5 nitrogen and oxygen atoms in total. The molecule has 3 atom stereocenters. The molecule has 1 saturated heterocycles. The van der Waals surface area contributed by atoms with Crippen LogP contribution < -0.4 is 4.74 Å². The standard InChI is InChI=1S/C28H32F3N3O2S/c1-17-11-22-21-7-2-3-8-25(21)32-27(22)28(34(17)37(35)20-5-4-6-20)26-23(30)12-19(13-24(26)31)36-10-9-33-15-18(14-29)16-33/h2-3,7-8,12-13,17-18,20,28,32H,4-6,9-11,14-16H2,1H3/t17-,28-,37?/m1/s1. The van der Waals surface area contributed by atoms with E-state index in [0.29, 0.717) is 31.7 Å². The molecule has 2 fully saturated rings. The highest BCUT2D eigenvalue weighted by atomic mass is 32.2. The van der Waals surface area contributed by atoms with Crippen molar-refractivity contribution in [3.63, 3.8) is 0 Å². The minimum atomic E-state index is -1.37. The first-order valence-corrected chi connectivity index (χ1v) is 14.3. The fraction of sp³-hybridized carbons (Fsp3) is 0.500. The van der Waals surface area contributed by atoms with Gasteiger partial charge in [-0.15, -0.1) is 0 Å². The van der Waals surface area contributed by atoms with Gasteiger partial charge in [-0.3, -0.25) is 9.29 Å². The third-order valence-corrected chi connectivity index (χ3v) is 10.1. The van der Waals surface area contributed by atoms with Crippen LogP contribution in [-0.4, -0.2) is 62.6 Å². The van der Waals surface area contributed by atoms with Gasteiger partial charge in [0.05, 0.1) is 23.7 Å². The lowest BCUT2D eigenvalue weighted by Crippen LogP contribution is -2.49. The van der Waals surface area contributed by atoms with Crippen LogP contribution in [0.5, 0.6) is 5.75 Å². The van der Waals surface area contributed by atoms with Crippen LogP contribution in [0.25, 0.3) is 10.9 Å². The first-order valence-electron chi connectivity index (χ1n) is 13.1. The number of hydrogen-bond donors (Lipinski definition) is 1. The van der Waals surface area contributed by atoms with Crippen LogP contribution in [-0.2, 0) is 17.4 Å². The van der Waals surface area contributed by atoms with E-state index in [1.54, 1.807) is 0 Å². The number of ether oxygens (including phenoxy) is 1. The number of alkyl halides is 1. The third kappa shape index (κ3) is 4.49. The van der Waals surface area contributed by atoms with Crippen molar-refractivity contribution in [2.24, 2.45) is 5.92 Å². The highest BCUT2D eigenvalue weighted by molar-refractivity contribution is 7.83. The maximum absolute atomic E-state index is 15.8. The maximum atomic E-state index is 15.8. The first kappa shape index (κ1) is 24.9. The predicted octanol–water partition coefficient (Wildman–Crippen LogP) is 5.28. The number of fused-ring (bicyclic) bond motifs is 3. The number of likely N-dealkylation sites (tertiary alicyclic amines) is 1. The number of hydrogen-bond acceptors (Lipinski definition) is 3. The van der Waals surface area contributed by atoms with E-state index in [0.717, 1.165) is 35.7 Å². The molecule has 3 aliphatic rings. The van der Waals surface area contributed by atoms with E-state index < -0.39 is 28.7 Å². The zero-order valence-electron chi connectivity index (χ0n) is 20.9. The predicted molar refractivity (Wildman–Crippen MR) is 139 cm³/mol.